The zero-order valence-corrected chi connectivity index (χ0v) is 9.52. The Labute approximate surface area is 76.7 Å². The monoisotopic (exact) mass is 187 g/mol. The van der Waals surface area contributed by atoms with Crippen LogP contribution in [0.25, 0.3) is 0 Å². The fourth-order valence-corrected chi connectivity index (χ4v) is 2.25. The van der Waals surface area contributed by atoms with Gasteiger partial charge in [0.05, 0.1) is 8.07 Å². The maximum atomic E-state index is 5.30. The molecule has 0 atom stereocenters. The zero-order chi connectivity index (χ0) is 9.03. The molecule has 1 rings (SSSR count). The molecule has 12 heavy (non-hydrogen) atoms. The molecule has 1 N–H and O–H groups in total. The molecule has 72 valence electrons. The molecule has 0 saturated carbocycles. The Hall–Kier alpha value is 0.137. The Bertz CT molecular complexity index is 127. The molecule has 2 nitrogen and oxygen atoms in total. The van der Waals surface area contributed by atoms with E-state index in [1.54, 1.807) is 0 Å². The third-order valence-electron chi connectivity index (χ3n) is 2.14. The van der Waals surface area contributed by atoms with Crippen molar-refractivity contribution in [3.05, 3.63) is 0 Å². The molecule has 0 radical (unpaired) electrons. The van der Waals surface area contributed by atoms with Crippen molar-refractivity contribution in [1.29, 1.82) is 0 Å². The van der Waals surface area contributed by atoms with Gasteiger partial charge in [-0.1, -0.05) is 19.6 Å². The van der Waals surface area contributed by atoms with Crippen LogP contribution in [0.4, 0.5) is 0 Å². The van der Waals surface area contributed by atoms with E-state index in [1.807, 2.05) is 0 Å². The predicted octanol–water partition coefficient (Wildman–Crippen LogP) is 1.63. The van der Waals surface area contributed by atoms with E-state index >= 15 is 0 Å². The van der Waals surface area contributed by atoms with Crippen molar-refractivity contribution in [1.82, 2.24) is 5.32 Å². The van der Waals surface area contributed by atoms with Crippen LogP contribution in [0, 0.1) is 0 Å². The number of hydrogen-bond acceptors (Lipinski definition) is 2. The number of nitrogens with one attached hydrogen (secondary N) is 1. The first-order valence-electron chi connectivity index (χ1n) is 4.89. The van der Waals surface area contributed by atoms with Crippen molar-refractivity contribution >= 4 is 8.07 Å². The smallest absolute Gasteiger partial charge is 0.0596 e. The minimum atomic E-state index is -0.893. The SMILES string of the molecule is C[Si](C)(C)CNC1CCOCC1. The first-order valence-corrected chi connectivity index (χ1v) is 8.60. The second-order valence-corrected chi connectivity index (χ2v) is 10.3. The molecule has 0 aliphatic carbocycles. The summed E-state index contributed by atoms with van der Waals surface area (Å²) in [6, 6.07) is 0.727. The zero-order valence-electron chi connectivity index (χ0n) is 8.52. The van der Waals surface area contributed by atoms with Gasteiger partial charge >= 0.3 is 0 Å². The summed E-state index contributed by atoms with van der Waals surface area (Å²) in [6.45, 7) is 9.10. The number of hydrogen-bond donors (Lipinski definition) is 1. The van der Waals surface area contributed by atoms with Gasteiger partial charge in [-0.2, -0.15) is 0 Å². The molecule has 0 unspecified atom stereocenters. The second-order valence-electron chi connectivity index (χ2n) is 4.83. The van der Waals surface area contributed by atoms with E-state index in [1.165, 1.54) is 19.0 Å². The van der Waals surface area contributed by atoms with Gasteiger partial charge in [0.25, 0.3) is 0 Å². The Morgan fingerprint density at radius 2 is 1.83 bits per heavy atom. The average Bonchev–Trinajstić information content (AvgIpc) is 2.02. The summed E-state index contributed by atoms with van der Waals surface area (Å²) >= 11 is 0. The van der Waals surface area contributed by atoms with E-state index in [0.717, 1.165) is 19.3 Å². The number of ether oxygens (including phenoxy) is 1. The lowest BCUT2D eigenvalue weighted by molar-refractivity contribution is 0.0792. The van der Waals surface area contributed by atoms with Crippen molar-refractivity contribution < 1.29 is 4.74 Å². The van der Waals surface area contributed by atoms with Crippen LogP contribution in [0.15, 0.2) is 0 Å². The molecular formula is C9H21NOSi. The minimum Gasteiger partial charge on any atom is -0.381 e. The Balaban J connectivity index is 2.13. The summed E-state index contributed by atoms with van der Waals surface area (Å²) in [4.78, 5) is 0. The Morgan fingerprint density at radius 3 is 2.33 bits per heavy atom. The summed E-state index contributed by atoms with van der Waals surface area (Å²) in [5, 5.41) is 3.64. The van der Waals surface area contributed by atoms with Gasteiger partial charge in [0, 0.05) is 19.3 Å². The maximum Gasteiger partial charge on any atom is 0.0596 e. The predicted molar refractivity (Wildman–Crippen MR) is 55.2 cm³/mol. The van der Waals surface area contributed by atoms with Crippen molar-refractivity contribution in [2.75, 3.05) is 19.4 Å². The quantitative estimate of drug-likeness (QED) is 0.678. The second kappa shape index (κ2) is 4.39. The third-order valence-corrected chi connectivity index (χ3v) is 3.41. The van der Waals surface area contributed by atoms with Gasteiger partial charge in [0.2, 0.25) is 0 Å². The van der Waals surface area contributed by atoms with Crippen LogP contribution >= 0.6 is 0 Å². The van der Waals surface area contributed by atoms with Crippen LogP contribution in [0.2, 0.25) is 19.6 Å². The highest BCUT2D eigenvalue weighted by atomic mass is 28.3. The standard InChI is InChI=1S/C9H21NOSi/c1-12(2,3)8-10-9-4-6-11-7-5-9/h9-10H,4-8H2,1-3H3. The van der Waals surface area contributed by atoms with E-state index < -0.39 is 8.07 Å². The maximum absolute atomic E-state index is 5.30. The van der Waals surface area contributed by atoms with Crippen molar-refractivity contribution in [3.63, 3.8) is 0 Å². The van der Waals surface area contributed by atoms with E-state index in [0.29, 0.717) is 0 Å². The first kappa shape index (κ1) is 10.2. The molecule has 0 amide bonds. The van der Waals surface area contributed by atoms with E-state index in [9.17, 15) is 0 Å². The van der Waals surface area contributed by atoms with Crippen LogP contribution < -0.4 is 5.32 Å². The van der Waals surface area contributed by atoms with Gasteiger partial charge in [-0.05, 0) is 19.0 Å². The lowest BCUT2D eigenvalue weighted by atomic mass is 10.1. The largest absolute Gasteiger partial charge is 0.381 e. The van der Waals surface area contributed by atoms with E-state index in [4.69, 9.17) is 4.74 Å². The average molecular weight is 187 g/mol. The molecule has 1 heterocycles. The summed E-state index contributed by atoms with van der Waals surface area (Å²) in [6.07, 6.45) is 3.65. The summed E-state index contributed by atoms with van der Waals surface area (Å²) in [5.74, 6) is 0. The molecule has 1 fully saturated rings. The van der Waals surface area contributed by atoms with Crippen LogP contribution in [0.5, 0.6) is 0 Å². The molecule has 0 spiro atoms. The van der Waals surface area contributed by atoms with Gasteiger partial charge in [0.1, 0.15) is 0 Å². The lowest BCUT2D eigenvalue weighted by Crippen LogP contribution is -2.44. The fraction of sp³-hybridized carbons (Fsp3) is 1.00. The van der Waals surface area contributed by atoms with E-state index in [-0.39, 0.29) is 0 Å². The number of rotatable bonds is 3. The highest BCUT2D eigenvalue weighted by molar-refractivity contribution is 6.76. The van der Waals surface area contributed by atoms with Crippen LogP contribution in [0.3, 0.4) is 0 Å². The lowest BCUT2D eigenvalue weighted by Gasteiger charge is -2.26. The summed E-state index contributed by atoms with van der Waals surface area (Å²) in [5.41, 5.74) is 0. The van der Waals surface area contributed by atoms with Crippen molar-refractivity contribution in [2.24, 2.45) is 0 Å². The van der Waals surface area contributed by atoms with E-state index in [2.05, 4.69) is 25.0 Å². The van der Waals surface area contributed by atoms with Crippen LogP contribution in [0.1, 0.15) is 12.8 Å². The molecule has 3 heteroatoms. The normalized spacial score (nSPS) is 21.2. The third kappa shape index (κ3) is 4.23. The molecule has 0 aromatic carbocycles. The van der Waals surface area contributed by atoms with Crippen molar-refractivity contribution in [2.45, 2.75) is 38.5 Å². The molecule has 0 aromatic heterocycles. The molecular weight excluding hydrogens is 166 g/mol. The van der Waals surface area contributed by atoms with Crippen LogP contribution in [-0.4, -0.2) is 33.5 Å². The molecule has 1 aliphatic rings. The molecule has 0 aromatic rings. The highest BCUT2D eigenvalue weighted by Gasteiger charge is 2.17. The first-order chi connectivity index (χ1) is 5.58. The molecule has 0 bridgehead atoms. The fourth-order valence-electron chi connectivity index (χ4n) is 1.35. The minimum absolute atomic E-state index is 0.727. The molecule has 1 aliphatic heterocycles. The van der Waals surface area contributed by atoms with Gasteiger partial charge in [-0.3, -0.25) is 0 Å². The van der Waals surface area contributed by atoms with Crippen LogP contribution in [-0.2, 0) is 4.74 Å². The van der Waals surface area contributed by atoms with Gasteiger partial charge in [-0.25, -0.2) is 0 Å². The summed E-state index contributed by atoms with van der Waals surface area (Å²) in [7, 11) is -0.893. The molecule has 1 saturated heterocycles. The topological polar surface area (TPSA) is 21.3 Å². The van der Waals surface area contributed by atoms with Gasteiger partial charge in [-0.15, -0.1) is 0 Å². The van der Waals surface area contributed by atoms with Gasteiger partial charge in [0.15, 0.2) is 0 Å². The highest BCUT2D eigenvalue weighted by Crippen LogP contribution is 2.07. The van der Waals surface area contributed by atoms with Gasteiger partial charge < -0.3 is 10.1 Å². The van der Waals surface area contributed by atoms with Crippen molar-refractivity contribution in [3.8, 4) is 0 Å². The Morgan fingerprint density at radius 1 is 1.25 bits per heavy atom. The summed E-state index contributed by atoms with van der Waals surface area (Å²) < 4.78 is 5.30. The Kier molecular flexibility index (Phi) is 3.74.